The number of esters is 1. The van der Waals surface area contributed by atoms with Crippen molar-refractivity contribution in [1.82, 2.24) is 0 Å². The van der Waals surface area contributed by atoms with Gasteiger partial charge in [-0.25, -0.2) is 0 Å². The molecule has 0 atom stereocenters. The van der Waals surface area contributed by atoms with Gasteiger partial charge in [0.1, 0.15) is 0 Å². The number of unbranched alkanes of at least 4 members (excludes halogenated alkanes) is 5. The van der Waals surface area contributed by atoms with Gasteiger partial charge in [0.2, 0.25) is 0 Å². The van der Waals surface area contributed by atoms with Crippen LogP contribution in [0.1, 0.15) is 69.4 Å². The molecule has 0 amide bonds. The molecule has 0 radical (unpaired) electrons. The Balaban J connectivity index is 2.31. The predicted octanol–water partition coefficient (Wildman–Crippen LogP) is 5.09. The molecule has 0 heterocycles. The number of methoxy groups -OCH3 is 1. The second-order valence-electron chi connectivity index (χ2n) is 5.72. The van der Waals surface area contributed by atoms with Crippen LogP contribution in [0.2, 0.25) is 0 Å². The molecule has 0 fully saturated rings. The van der Waals surface area contributed by atoms with Crippen LogP contribution < -0.4 is 0 Å². The first-order valence-electron chi connectivity index (χ1n) is 8.41. The highest BCUT2D eigenvalue weighted by Crippen LogP contribution is 2.16. The molecule has 2 nitrogen and oxygen atoms in total. The SMILES string of the molecule is CCCCCCCCc1ccccc1CCCC(=O)OC. The summed E-state index contributed by atoms with van der Waals surface area (Å²) in [5.74, 6) is -0.108. The van der Waals surface area contributed by atoms with Crippen LogP contribution >= 0.6 is 0 Å². The summed E-state index contributed by atoms with van der Waals surface area (Å²) >= 11 is 0. The fourth-order valence-corrected chi connectivity index (χ4v) is 2.67. The molecule has 1 rings (SSSR count). The Morgan fingerprint density at radius 1 is 0.905 bits per heavy atom. The van der Waals surface area contributed by atoms with E-state index in [0.29, 0.717) is 6.42 Å². The molecule has 0 saturated heterocycles. The van der Waals surface area contributed by atoms with Crippen molar-refractivity contribution in [2.24, 2.45) is 0 Å². The van der Waals surface area contributed by atoms with E-state index in [-0.39, 0.29) is 5.97 Å². The van der Waals surface area contributed by atoms with Crippen LogP contribution in [-0.4, -0.2) is 13.1 Å². The molecule has 1 aromatic rings. The first-order valence-corrected chi connectivity index (χ1v) is 8.41. The van der Waals surface area contributed by atoms with Crippen LogP contribution in [0.4, 0.5) is 0 Å². The summed E-state index contributed by atoms with van der Waals surface area (Å²) in [5, 5.41) is 0. The summed E-state index contributed by atoms with van der Waals surface area (Å²) < 4.78 is 4.69. The van der Waals surface area contributed by atoms with Crippen LogP contribution in [0.3, 0.4) is 0 Å². The highest BCUT2D eigenvalue weighted by atomic mass is 16.5. The van der Waals surface area contributed by atoms with Gasteiger partial charge in [0.25, 0.3) is 0 Å². The second-order valence-corrected chi connectivity index (χ2v) is 5.72. The third-order valence-electron chi connectivity index (χ3n) is 3.97. The summed E-state index contributed by atoms with van der Waals surface area (Å²) in [7, 11) is 1.45. The van der Waals surface area contributed by atoms with Gasteiger partial charge in [-0.2, -0.15) is 0 Å². The fraction of sp³-hybridized carbons (Fsp3) is 0.632. The van der Waals surface area contributed by atoms with Gasteiger partial charge in [-0.05, 0) is 36.8 Å². The predicted molar refractivity (Wildman–Crippen MR) is 88.5 cm³/mol. The van der Waals surface area contributed by atoms with E-state index in [0.717, 1.165) is 12.8 Å². The third-order valence-corrected chi connectivity index (χ3v) is 3.97. The van der Waals surface area contributed by atoms with E-state index >= 15 is 0 Å². The number of hydrogen-bond acceptors (Lipinski definition) is 2. The van der Waals surface area contributed by atoms with Crippen LogP contribution in [0.15, 0.2) is 24.3 Å². The number of carbonyl (C=O) groups excluding carboxylic acids is 1. The molecule has 118 valence electrons. The number of rotatable bonds is 11. The Kier molecular flexibility index (Phi) is 9.60. The van der Waals surface area contributed by atoms with Gasteiger partial charge in [0.05, 0.1) is 7.11 Å². The average Bonchev–Trinajstić information content (AvgIpc) is 2.51. The minimum atomic E-state index is -0.108. The van der Waals surface area contributed by atoms with Crippen molar-refractivity contribution in [3.8, 4) is 0 Å². The molecule has 1 aromatic carbocycles. The molecule has 0 aliphatic carbocycles. The van der Waals surface area contributed by atoms with E-state index in [1.165, 1.54) is 63.2 Å². The topological polar surface area (TPSA) is 26.3 Å². The minimum absolute atomic E-state index is 0.108. The first-order chi connectivity index (χ1) is 10.3. The van der Waals surface area contributed by atoms with Crippen LogP contribution in [0, 0.1) is 0 Å². The van der Waals surface area contributed by atoms with E-state index in [9.17, 15) is 4.79 Å². The van der Waals surface area contributed by atoms with E-state index in [1.54, 1.807) is 0 Å². The first kappa shape index (κ1) is 17.7. The molecule has 0 bridgehead atoms. The Bertz CT molecular complexity index is 398. The largest absolute Gasteiger partial charge is 0.469 e. The fourth-order valence-electron chi connectivity index (χ4n) is 2.67. The Hall–Kier alpha value is -1.31. The molecule has 0 saturated carbocycles. The smallest absolute Gasteiger partial charge is 0.305 e. The number of aryl methyl sites for hydroxylation is 2. The molecule has 0 aliphatic rings. The van der Waals surface area contributed by atoms with E-state index < -0.39 is 0 Å². The Labute approximate surface area is 129 Å². The lowest BCUT2D eigenvalue weighted by Gasteiger charge is -2.09. The summed E-state index contributed by atoms with van der Waals surface area (Å²) in [5.41, 5.74) is 2.85. The quantitative estimate of drug-likeness (QED) is 0.419. The minimum Gasteiger partial charge on any atom is -0.469 e. The maximum atomic E-state index is 11.2. The van der Waals surface area contributed by atoms with E-state index in [4.69, 9.17) is 4.74 Å². The average molecular weight is 290 g/mol. The van der Waals surface area contributed by atoms with Crippen LogP contribution in [-0.2, 0) is 22.4 Å². The lowest BCUT2D eigenvalue weighted by molar-refractivity contribution is -0.140. The number of ether oxygens (including phenoxy) is 1. The Morgan fingerprint density at radius 2 is 1.48 bits per heavy atom. The van der Waals surface area contributed by atoms with Gasteiger partial charge in [0, 0.05) is 6.42 Å². The maximum absolute atomic E-state index is 11.2. The lowest BCUT2D eigenvalue weighted by Crippen LogP contribution is -2.02. The van der Waals surface area contributed by atoms with E-state index in [2.05, 4.69) is 31.2 Å². The van der Waals surface area contributed by atoms with Crippen molar-refractivity contribution in [2.75, 3.05) is 7.11 Å². The van der Waals surface area contributed by atoms with Crippen molar-refractivity contribution in [3.05, 3.63) is 35.4 Å². The van der Waals surface area contributed by atoms with Crippen LogP contribution in [0.5, 0.6) is 0 Å². The standard InChI is InChI=1S/C19H30O2/c1-3-4-5-6-7-8-12-17-13-9-10-14-18(17)15-11-16-19(20)21-2/h9-10,13-14H,3-8,11-12,15-16H2,1-2H3. The second kappa shape index (κ2) is 11.4. The highest BCUT2D eigenvalue weighted by molar-refractivity contribution is 5.69. The number of benzene rings is 1. The van der Waals surface area contributed by atoms with Gasteiger partial charge < -0.3 is 4.74 Å². The van der Waals surface area contributed by atoms with Crippen molar-refractivity contribution < 1.29 is 9.53 Å². The van der Waals surface area contributed by atoms with Gasteiger partial charge in [-0.15, -0.1) is 0 Å². The van der Waals surface area contributed by atoms with Crippen molar-refractivity contribution >= 4 is 5.97 Å². The number of hydrogen-bond donors (Lipinski definition) is 0. The number of carbonyl (C=O) groups is 1. The molecule has 0 unspecified atom stereocenters. The summed E-state index contributed by atoms with van der Waals surface area (Å²) in [6.07, 6.45) is 11.5. The van der Waals surface area contributed by atoms with Gasteiger partial charge in [-0.1, -0.05) is 63.3 Å². The maximum Gasteiger partial charge on any atom is 0.305 e. The molecule has 0 spiro atoms. The molecule has 2 heteroatoms. The molecular formula is C19H30O2. The van der Waals surface area contributed by atoms with Crippen LogP contribution in [0.25, 0.3) is 0 Å². The van der Waals surface area contributed by atoms with Gasteiger partial charge in [-0.3, -0.25) is 4.79 Å². The van der Waals surface area contributed by atoms with E-state index in [1.807, 2.05) is 0 Å². The summed E-state index contributed by atoms with van der Waals surface area (Å²) in [6.45, 7) is 2.25. The highest BCUT2D eigenvalue weighted by Gasteiger charge is 2.04. The van der Waals surface area contributed by atoms with Gasteiger partial charge in [0.15, 0.2) is 0 Å². The third kappa shape index (κ3) is 7.89. The molecular weight excluding hydrogens is 260 g/mol. The lowest BCUT2D eigenvalue weighted by atomic mass is 9.97. The zero-order valence-electron chi connectivity index (χ0n) is 13.7. The molecule has 0 aromatic heterocycles. The summed E-state index contributed by atoms with van der Waals surface area (Å²) in [4.78, 5) is 11.2. The zero-order valence-corrected chi connectivity index (χ0v) is 13.7. The zero-order chi connectivity index (χ0) is 15.3. The Morgan fingerprint density at radius 3 is 2.10 bits per heavy atom. The van der Waals surface area contributed by atoms with Crippen molar-refractivity contribution in [3.63, 3.8) is 0 Å². The van der Waals surface area contributed by atoms with Crippen molar-refractivity contribution in [2.45, 2.75) is 71.1 Å². The van der Waals surface area contributed by atoms with Crippen molar-refractivity contribution in [1.29, 1.82) is 0 Å². The monoisotopic (exact) mass is 290 g/mol. The molecule has 0 aliphatic heterocycles. The normalized spacial score (nSPS) is 10.6. The molecule has 0 N–H and O–H groups in total. The molecule has 21 heavy (non-hydrogen) atoms. The van der Waals surface area contributed by atoms with Gasteiger partial charge >= 0.3 is 5.97 Å². The summed E-state index contributed by atoms with van der Waals surface area (Å²) in [6, 6.07) is 8.65.